The summed E-state index contributed by atoms with van der Waals surface area (Å²) in [5.74, 6) is -0.981. The Morgan fingerprint density at radius 2 is 1.14 bits per heavy atom. The quantitative estimate of drug-likeness (QED) is 0.343. The van der Waals surface area contributed by atoms with E-state index in [0.29, 0.717) is 52.9 Å². The van der Waals surface area contributed by atoms with Gasteiger partial charge in [-0.15, -0.1) is 0 Å². The Bertz CT molecular complexity index is 229. The number of likely N-dealkylation sites (N-methyl/N-ethyl adjacent to an activating group) is 1. The van der Waals surface area contributed by atoms with Gasteiger partial charge in [-0.2, -0.15) is 0 Å². The van der Waals surface area contributed by atoms with Gasteiger partial charge in [-0.25, -0.2) is 4.79 Å². The smallest absolute Gasteiger partial charge is 0.329 e. The minimum atomic E-state index is -0.981. The van der Waals surface area contributed by atoms with Crippen LogP contribution in [-0.4, -0.2) is 90.7 Å². The van der Waals surface area contributed by atoms with Crippen molar-refractivity contribution in [2.24, 2.45) is 0 Å². The molecular formula is C13H27NO7. The van der Waals surface area contributed by atoms with Gasteiger partial charge in [-0.05, 0) is 7.05 Å². The van der Waals surface area contributed by atoms with Crippen molar-refractivity contribution in [2.45, 2.75) is 0 Å². The Labute approximate surface area is 125 Å². The molecule has 0 heterocycles. The minimum absolute atomic E-state index is 0.267. The predicted molar refractivity (Wildman–Crippen MR) is 75.7 cm³/mol. The van der Waals surface area contributed by atoms with Crippen LogP contribution in [0.15, 0.2) is 0 Å². The van der Waals surface area contributed by atoms with Crippen LogP contribution in [0.2, 0.25) is 0 Å². The third kappa shape index (κ3) is 19.2. The molecule has 0 bridgehead atoms. The molecule has 126 valence electrons. The molecule has 0 saturated heterocycles. The van der Waals surface area contributed by atoms with Gasteiger partial charge in [0.1, 0.15) is 6.61 Å². The number of carboxylic acids is 1. The van der Waals surface area contributed by atoms with Crippen molar-refractivity contribution in [3.63, 3.8) is 0 Å². The molecule has 0 aliphatic carbocycles. The molecule has 8 nitrogen and oxygen atoms in total. The van der Waals surface area contributed by atoms with Gasteiger partial charge in [0, 0.05) is 6.54 Å². The van der Waals surface area contributed by atoms with E-state index >= 15 is 0 Å². The van der Waals surface area contributed by atoms with Crippen LogP contribution >= 0.6 is 0 Å². The van der Waals surface area contributed by atoms with Crippen molar-refractivity contribution in [3.8, 4) is 0 Å². The van der Waals surface area contributed by atoms with Crippen molar-refractivity contribution in [2.75, 3.05) is 79.7 Å². The average molecular weight is 309 g/mol. The maximum Gasteiger partial charge on any atom is 0.329 e. The summed E-state index contributed by atoms with van der Waals surface area (Å²) < 4.78 is 25.9. The molecule has 0 aromatic carbocycles. The van der Waals surface area contributed by atoms with Gasteiger partial charge in [0.15, 0.2) is 0 Å². The van der Waals surface area contributed by atoms with Gasteiger partial charge >= 0.3 is 5.97 Å². The summed E-state index contributed by atoms with van der Waals surface area (Å²) in [6.07, 6.45) is 0. The van der Waals surface area contributed by atoms with E-state index in [0.717, 1.165) is 6.54 Å². The van der Waals surface area contributed by atoms with Gasteiger partial charge < -0.3 is 34.1 Å². The number of hydrogen-bond acceptors (Lipinski definition) is 7. The molecule has 8 heteroatoms. The summed E-state index contributed by atoms with van der Waals surface area (Å²) in [6, 6.07) is 0. The van der Waals surface area contributed by atoms with Crippen molar-refractivity contribution in [1.82, 2.24) is 5.32 Å². The summed E-state index contributed by atoms with van der Waals surface area (Å²) in [4.78, 5) is 10.1. The minimum Gasteiger partial charge on any atom is -0.480 e. The lowest BCUT2D eigenvalue weighted by Gasteiger charge is -2.07. The first-order valence-corrected chi connectivity index (χ1v) is 7.02. The number of rotatable bonds is 17. The third-order valence-corrected chi connectivity index (χ3v) is 2.21. The van der Waals surface area contributed by atoms with Crippen LogP contribution in [0.5, 0.6) is 0 Å². The molecule has 0 saturated carbocycles. The lowest BCUT2D eigenvalue weighted by Crippen LogP contribution is -2.17. The summed E-state index contributed by atoms with van der Waals surface area (Å²) in [7, 11) is 1.88. The van der Waals surface area contributed by atoms with Crippen LogP contribution in [0.25, 0.3) is 0 Å². The maximum absolute atomic E-state index is 10.1. The topological polar surface area (TPSA) is 95.5 Å². The Morgan fingerprint density at radius 3 is 1.52 bits per heavy atom. The standard InChI is InChI=1S/C13H27NO7/c1-14-2-3-17-4-5-18-6-7-19-8-9-20-10-11-21-12-13(15)16/h14H,2-12H2,1H3,(H,15,16). The molecule has 0 atom stereocenters. The van der Waals surface area contributed by atoms with Crippen LogP contribution in [-0.2, 0) is 28.5 Å². The molecule has 0 aromatic rings. The molecule has 0 fully saturated rings. The first-order valence-electron chi connectivity index (χ1n) is 7.02. The highest BCUT2D eigenvalue weighted by molar-refractivity contribution is 5.67. The molecule has 0 aliphatic rings. The molecule has 0 aliphatic heterocycles. The second kappa shape index (κ2) is 17.3. The molecule has 0 amide bonds. The Kier molecular flexibility index (Phi) is 16.6. The molecule has 0 radical (unpaired) electrons. The van der Waals surface area contributed by atoms with E-state index in [1.165, 1.54) is 0 Å². The fourth-order valence-electron chi connectivity index (χ4n) is 1.21. The zero-order valence-electron chi connectivity index (χ0n) is 12.7. The van der Waals surface area contributed by atoms with Crippen LogP contribution in [0.1, 0.15) is 0 Å². The Balaban J connectivity index is 2.95. The lowest BCUT2D eigenvalue weighted by atomic mass is 10.6. The lowest BCUT2D eigenvalue weighted by molar-refractivity contribution is -0.142. The number of nitrogens with one attached hydrogen (secondary N) is 1. The van der Waals surface area contributed by atoms with Gasteiger partial charge in [-0.3, -0.25) is 0 Å². The number of carbonyl (C=O) groups is 1. The average Bonchev–Trinajstić information content (AvgIpc) is 2.46. The van der Waals surface area contributed by atoms with Gasteiger partial charge in [0.25, 0.3) is 0 Å². The summed E-state index contributed by atoms with van der Waals surface area (Å²) in [5, 5.41) is 11.3. The molecular weight excluding hydrogens is 282 g/mol. The highest BCUT2D eigenvalue weighted by Gasteiger charge is 1.96. The number of hydrogen-bond donors (Lipinski definition) is 2. The molecule has 0 spiro atoms. The zero-order chi connectivity index (χ0) is 15.6. The van der Waals surface area contributed by atoms with Crippen LogP contribution in [0, 0.1) is 0 Å². The second-order valence-corrected chi connectivity index (χ2v) is 4.00. The number of ether oxygens (including phenoxy) is 5. The van der Waals surface area contributed by atoms with E-state index in [2.05, 4.69) is 5.32 Å². The van der Waals surface area contributed by atoms with Crippen molar-refractivity contribution >= 4 is 5.97 Å². The van der Waals surface area contributed by atoms with Crippen molar-refractivity contribution in [1.29, 1.82) is 0 Å². The van der Waals surface area contributed by atoms with Gasteiger partial charge in [0.2, 0.25) is 0 Å². The maximum atomic E-state index is 10.1. The van der Waals surface area contributed by atoms with E-state index < -0.39 is 5.97 Å². The summed E-state index contributed by atoms with van der Waals surface area (Å²) in [5.41, 5.74) is 0. The molecule has 2 N–H and O–H groups in total. The fraction of sp³-hybridized carbons (Fsp3) is 0.923. The van der Waals surface area contributed by atoms with Crippen molar-refractivity contribution in [3.05, 3.63) is 0 Å². The van der Waals surface area contributed by atoms with E-state index in [1.54, 1.807) is 0 Å². The highest BCUT2D eigenvalue weighted by Crippen LogP contribution is 1.83. The van der Waals surface area contributed by atoms with Crippen LogP contribution in [0.3, 0.4) is 0 Å². The van der Waals surface area contributed by atoms with Crippen LogP contribution in [0.4, 0.5) is 0 Å². The summed E-state index contributed by atoms with van der Waals surface area (Å²) in [6.45, 7) is 4.95. The fourth-order valence-corrected chi connectivity index (χ4v) is 1.21. The monoisotopic (exact) mass is 309 g/mol. The second-order valence-electron chi connectivity index (χ2n) is 4.00. The SMILES string of the molecule is CNCCOCCOCCOCCOCCOCC(=O)O. The third-order valence-electron chi connectivity index (χ3n) is 2.21. The van der Waals surface area contributed by atoms with Gasteiger partial charge in [-0.1, -0.05) is 0 Å². The summed E-state index contributed by atoms with van der Waals surface area (Å²) >= 11 is 0. The number of aliphatic carboxylic acids is 1. The molecule has 0 aromatic heterocycles. The predicted octanol–water partition coefficient (Wildman–Crippen LogP) is -0.627. The number of carboxylic acid groups (broad SMARTS) is 1. The first kappa shape index (κ1) is 20.2. The zero-order valence-corrected chi connectivity index (χ0v) is 12.7. The normalized spacial score (nSPS) is 10.9. The largest absolute Gasteiger partial charge is 0.480 e. The van der Waals surface area contributed by atoms with E-state index in [4.69, 9.17) is 28.8 Å². The Morgan fingerprint density at radius 1 is 0.762 bits per heavy atom. The first-order chi connectivity index (χ1) is 10.3. The van der Waals surface area contributed by atoms with E-state index in [1.807, 2.05) is 7.05 Å². The van der Waals surface area contributed by atoms with E-state index in [9.17, 15) is 4.79 Å². The molecule has 0 rings (SSSR count). The molecule has 21 heavy (non-hydrogen) atoms. The Hall–Kier alpha value is -0.770. The van der Waals surface area contributed by atoms with E-state index in [-0.39, 0.29) is 13.2 Å². The molecule has 0 unspecified atom stereocenters. The van der Waals surface area contributed by atoms with Gasteiger partial charge in [0.05, 0.1) is 59.5 Å². The van der Waals surface area contributed by atoms with Crippen molar-refractivity contribution < 1.29 is 33.6 Å². The highest BCUT2D eigenvalue weighted by atomic mass is 16.6. The van der Waals surface area contributed by atoms with Crippen LogP contribution < -0.4 is 5.32 Å².